The first-order chi connectivity index (χ1) is 18.1. The van der Waals surface area contributed by atoms with Crippen LogP contribution < -0.4 is 14.2 Å². The first-order valence-electron chi connectivity index (χ1n) is 11.9. The maximum absolute atomic E-state index is 12.5. The molecule has 0 aliphatic carbocycles. The molecule has 0 unspecified atom stereocenters. The Kier molecular flexibility index (Phi) is 6.99. The van der Waals surface area contributed by atoms with E-state index in [4.69, 9.17) is 19.2 Å². The van der Waals surface area contributed by atoms with Crippen LogP contribution >= 0.6 is 0 Å². The number of esters is 1. The molecule has 0 saturated heterocycles. The number of para-hydroxylation sites is 2. The first kappa shape index (κ1) is 23.9. The van der Waals surface area contributed by atoms with E-state index in [2.05, 4.69) is 22.8 Å². The third-order valence-corrected chi connectivity index (χ3v) is 6.00. The second kappa shape index (κ2) is 10.8. The number of nitrogens with zero attached hydrogens (tertiary/aromatic N) is 2. The molecule has 6 heteroatoms. The summed E-state index contributed by atoms with van der Waals surface area (Å²) in [6.07, 6.45) is 3.01. The molecule has 0 bridgehead atoms. The summed E-state index contributed by atoms with van der Waals surface area (Å²) in [4.78, 5) is 17.4. The van der Waals surface area contributed by atoms with E-state index in [0.717, 1.165) is 22.4 Å². The van der Waals surface area contributed by atoms with Gasteiger partial charge in [-0.05, 0) is 66.2 Å². The fourth-order valence-electron chi connectivity index (χ4n) is 4.17. The minimum atomic E-state index is -0.492. The molecule has 1 aromatic heterocycles. The lowest BCUT2D eigenvalue weighted by atomic mass is 10.1. The molecule has 0 amide bonds. The highest BCUT2D eigenvalue weighted by Crippen LogP contribution is 2.28. The van der Waals surface area contributed by atoms with Crippen molar-refractivity contribution in [1.82, 2.24) is 9.55 Å². The van der Waals surface area contributed by atoms with Crippen molar-refractivity contribution in [2.75, 3.05) is 14.2 Å². The third-order valence-electron chi connectivity index (χ3n) is 6.00. The van der Waals surface area contributed by atoms with Gasteiger partial charge in [0.15, 0.2) is 0 Å². The van der Waals surface area contributed by atoms with Crippen LogP contribution in [0.4, 0.5) is 0 Å². The minimum Gasteiger partial charge on any atom is -0.497 e. The normalized spacial score (nSPS) is 11.1. The predicted molar refractivity (Wildman–Crippen MR) is 145 cm³/mol. The number of methoxy groups -OCH3 is 2. The van der Waals surface area contributed by atoms with Gasteiger partial charge in [0.05, 0.1) is 25.3 Å². The van der Waals surface area contributed by atoms with Crippen LogP contribution in [0.25, 0.3) is 28.5 Å². The predicted octanol–water partition coefficient (Wildman–Crippen LogP) is 6.39. The van der Waals surface area contributed by atoms with Gasteiger partial charge >= 0.3 is 5.97 Å². The smallest absolute Gasteiger partial charge is 0.336 e. The van der Waals surface area contributed by atoms with Crippen LogP contribution in [-0.2, 0) is 11.3 Å². The van der Waals surface area contributed by atoms with Crippen LogP contribution in [0.15, 0.2) is 103 Å². The molecule has 0 N–H and O–H groups in total. The molecule has 6 nitrogen and oxygen atoms in total. The zero-order valence-electron chi connectivity index (χ0n) is 20.6. The quantitative estimate of drug-likeness (QED) is 0.143. The largest absolute Gasteiger partial charge is 0.497 e. The number of hydrogen-bond acceptors (Lipinski definition) is 5. The van der Waals surface area contributed by atoms with Crippen LogP contribution in [0.5, 0.6) is 17.2 Å². The Labute approximate surface area is 215 Å². The Morgan fingerprint density at radius 1 is 0.838 bits per heavy atom. The fourth-order valence-corrected chi connectivity index (χ4v) is 4.17. The summed E-state index contributed by atoms with van der Waals surface area (Å²) in [5.41, 5.74) is 4.84. The zero-order valence-corrected chi connectivity index (χ0v) is 20.6. The van der Waals surface area contributed by atoms with E-state index in [0.29, 0.717) is 29.4 Å². The average Bonchev–Trinajstić information content (AvgIpc) is 3.31. The molecule has 5 rings (SSSR count). The number of aromatic nitrogens is 2. The molecule has 0 spiro atoms. The topological polar surface area (TPSA) is 62.6 Å². The standard InChI is InChI=1S/C31H26N2O4/c1-35-26-17-18-29(36-2)24(20-26)14-19-30(34)37-25-15-12-23(13-16-25)31-32-27-10-6-7-11-28(27)33(31)21-22-8-4-3-5-9-22/h3-20H,21H2,1-2H3/b19-14+. The summed E-state index contributed by atoms with van der Waals surface area (Å²) in [6.45, 7) is 0.700. The van der Waals surface area contributed by atoms with E-state index in [-0.39, 0.29) is 0 Å². The Balaban J connectivity index is 1.36. The van der Waals surface area contributed by atoms with Gasteiger partial charge in [-0.3, -0.25) is 0 Å². The summed E-state index contributed by atoms with van der Waals surface area (Å²) < 4.78 is 18.3. The van der Waals surface area contributed by atoms with Gasteiger partial charge in [0.1, 0.15) is 23.1 Å². The van der Waals surface area contributed by atoms with Crippen molar-refractivity contribution in [2.45, 2.75) is 6.54 Å². The molecule has 37 heavy (non-hydrogen) atoms. The van der Waals surface area contributed by atoms with Crippen molar-refractivity contribution in [3.8, 4) is 28.6 Å². The van der Waals surface area contributed by atoms with Crippen molar-refractivity contribution in [2.24, 2.45) is 0 Å². The molecule has 0 aliphatic heterocycles. The van der Waals surface area contributed by atoms with E-state index in [9.17, 15) is 4.79 Å². The van der Waals surface area contributed by atoms with Gasteiger partial charge in [0, 0.05) is 23.7 Å². The Morgan fingerprint density at radius 2 is 1.57 bits per heavy atom. The number of imidazole rings is 1. The van der Waals surface area contributed by atoms with E-state index in [1.165, 1.54) is 11.6 Å². The number of hydrogen-bond donors (Lipinski definition) is 0. The summed E-state index contributed by atoms with van der Waals surface area (Å²) >= 11 is 0. The lowest BCUT2D eigenvalue weighted by Crippen LogP contribution is -2.04. The molecule has 0 atom stereocenters. The lowest BCUT2D eigenvalue weighted by molar-refractivity contribution is -0.128. The second-order valence-corrected chi connectivity index (χ2v) is 8.38. The summed E-state index contributed by atoms with van der Waals surface area (Å²) in [5, 5.41) is 0. The minimum absolute atomic E-state index is 0.446. The molecular weight excluding hydrogens is 464 g/mol. The average molecular weight is 491 g/mol. The molecule has 1 heterocycles. The SMILES string of the molecule is COc1ccc(OC)c(/C=C/C(=O)Oc2ccc(-c3nc4ccccc4n3Cc3ccccc3)cc2)c1. The molecular formula is C31H26N2O4. The summed E-state index contributed by atoms with van der Waals surface area (Å²) in [7, 11) is 3.16. The number of carbonyl (C=O) groups excluding carboxylic acids is 1. The maximum Gasteiger partial charge on any atom is 0.336 e. The van der Waals surface area contributed by atoms with Gasteiger partial charge in [-0.1, -0.05) is 42.5 Å². The van der Waals surface area contributed by atoms with Crippen LogP contribution in [0.1, 0.15) is 11.1 Å². The van der Waals surface area contributed by atoms with Gasteiger partial charge in [0.25, 0.3) is 0 Å². The van der Waals surface area contributed by atoms with Crippen LogP contribution in [0, 0.1) is 0 Å². The number of fused-ring (bicyclic) bond motifs is 1. The van der Waals surface area contributed by atoms with Gasteiger partial charge in [-0.15, -0.1) is 0 Å². The molecule has 0 radical (unpaired) electrons. The lowest BCUT2D eigenvalue weighted by Gasteiger charge is -2.10. The maximum atomic E-state index is 12.5. The molecule has 5 aromatic rings. The molecule has 0 aliphatic rings. The van der Waals surface area contributed by atoms with Crippen molar-refractivity contribution in [1.29, 1.82) is 0 Å². The number of benzene rings is 4. The second-order valence-electron chi connectivity index (χ2n) is 8.38. The van der Waals surface area contributed by atoms with Gasteiger partial charge < -0.3 is 18.8 Å². The van der Waals surface area contributed by atoms with Crippen LogP contribution in [-0.4, -0.2) is 29.7 Å². The fraction of sp³-hybridized carbons (Fsp3) is 0.0968. The summed E-state index contributed by atoms with van der Waals surface area (Å²) in [6, 6.07) is 31.2. The first-order valence-corrected chi connectivity index (χ1v) is 11.9. The highest BCUT2D eigenvalue weighted by atomic mass is 16.5. The molecule has 184 valence electrons. The van der Waals surface area contributed by atoms with E-state index < -0.39 is 5.97 Å². The van der Waals surface area contributed by atoms with Crippen molar-refractivity contribution >= 4 is 23.1 Å². The van der Waals surface area contributed by atoms with Crippen LogP contribution in [0.2, 0.25) is 0 Å². The van der Waals surface area contributed by atoms with Crippen molar-refractivity contribution < 1.29 is 19.0 Å². The van der Waals surface area contributed by atoms with E-state index >= 15 is 0 Å². The van der Waals surface area contributed by atoms with Crippen molar-refractivity contribution in [3.63, 3.8) is 0 Å². The van der Waals surface area contributed by atoms with Gasteiger partial charge in [-0.25, -0.2) is 9.78 Å². The van der Waals surface area contributed by atoms with Gasteiger partial charge in [-0.2, -0.15) is 0 Å². The molecule has 4 aromatic carbocycles. The number of carbonyl (C=O) groups is 1. The van der Waals surface area contributed by atoms with Crippen LogP contribution in [0.3, 0.4) is 0 Å². The zero-order chi connectivity index (χ0) is 25.6. The highest BCUT2D eigenvalue weighted by Gasteiger charge is 2.13. The van der Waals surface area contributed by atoms with E-state index in [1.54, 1.807) is 50.6 Å². The number of rotatable bonds is 8. The molecule has 0 saturated carbocycles. The molecule has 0 fully saturated rings. The Bertz CT molecular complexity index is 1550. The Hall–Kier alpha value is -4.84. The summed E-state index contributed by atoms with van der Waals surface area (Å²) in [5.74, 6) is 2.11. The van der Waals surface area contributed by atoms with Crippen molar-refractivity contribution in [3.05, 3.63) is 114 Å². The third kappa shape index (κ3) is 5.38. The number of ether oxygens (including phenoxy) is 3. The van der Waals surface area contributed by atoms with Gasteiger partial charge in [0.2, 0.25) is 0 Å². The monoisotopic (exact) mass is 490 g/mol. The Morgan fingerprint density at radius 3 is 2.32 bits per heavy atom. The van der Waals surface area contributed by atoms with E-state index in [1.807, 2.05) is 48.5 Å². The highest BCUT2D eigenvalue weighted by molar-refractivity contribution is 5.89.